The van der Waals surface area contributed by atoms with Gasteiger partial charge in [0.05, 0.1) is 0 Å². The molecule has 0 amide bonds. The molecular formula is C22H19NO3. The van der Waals surface area contributed by atoms with Gasteiger partial charge in [0.15, 0.2) is 5.69 Å². The lowest BCUT2D eigenvalue weighted by Crippen LogP contribution is -2.09. The van der Waals surface area contributed by atoms with E-state index in [2.05, 4.69) is 4.98 Å². The zero-order chi connectivity index (χ0) is 18.2. The van der Waals surface area contributed by atoms with Gasteiger partial charge in [0.1, 0.15) is 12.9 Å². The Bertz CT molecular complexity index is 873. The summed E-state index contributed by atoms with van der Waals surface area (Å²) in [6.07, 6.45) is 3.71. The van der Waals surface area contributed by atoms with E-state index in [1.54, 1.807) is 12.3 Å². The van der Waals surface area contributed by atoms with Crippen molar-refractivity contribution in [3.63, 3.8) is 0 Å². The van der Waals surface area contributed by atoms with Gasteiger partial charge in [-0.2, -0.15) is 0 Å². The lowest BCUT2D eigenvalue weighted by atomic mass is 10.0. The van der Waals surface area contributed by atoms with Gasteiger partial charge in [0.25, 0.3) is 0 Å². The maximum absolute atomic E-state index is 12.5. The van der Waals surface area contributed by atoms with E-state index in [9.17, 15) is 9.59 Å². The molecule has 3 aromatic rings. The molecule has 0 unspecified atom stereocenters. The van der Waals surface area contributed by atoms with Crippen LogP contribution >= 0.6 is 0 Å². The second-order valence-electron chi connectivity index (χ2n) is 5.86. The average molecular weight is 345 g/mol. The molecule has 4 heteroatoms. The van der Waals surface area contributed by atoms with Crippen molar-refractivity contribution in [2.24, 2.45) is 0 Å². The van der Waals surface area contributed by atoms with Crippen molar-refractivity contribution in [2.45, 2.75) is 19.4 Å². The van der Waals surface area contributed by atoms with Crippen LogP contribution in [-0.2, 0) is 22.6 Å². The summed E-state index contributed by atoms with van der Waals surface area (Å²) in [4.78, 5) is 27.2. The van der Waals surface area contributed by atoms with Gasteiger partial charge in [-0.15, -0.1) is 0 Å². The molecule has 4 nitrogen and oxygen atoms in total. The summed E-state index contributed by atoms with van der Waals surface area (Å²) in [6.45, 7) is 0.209. The molecule has 0 atom stereocenters. The lowest BCUT2D eigenvalue weighted by Gasteiger charge is -2.09. The first-order chi connectivity index (χ1) is 12.8. The van der Waals surface area contributed by atoms with Gasteiger partial charge < -0.3 is 9.53 Å². The standard InChI is InChI=1S/C22H19NO3/c24-15-5-8-17-10-12-19(13-11-17)20-9-4-14-23-21(20)22(25)26-16-18-6-2-1-3-7-18/h1-4,6-7,9-15H,5,8,16H2. The minimum Gasteiger partial charge on any atom is -0.456 e. The van der Waals surface area contributed by atoms with E-state index in [1.165, 1.54) is 0 Å². The number of carbonyl (C=O) groups is 2. The lowest BCUT2D eigenvalue weighted by molar-refractivity contribution is -0.107. The number of ether oxygens (including phenoxy) is 1. The zero-order valence-electron chi connectivity index (χ0n) is 14.3. The third-order valence-corrected chi connectivity index (χ3v) is 4.03. The minimum absolute atomic E-state index is 0.209. The molecule has 0 radical (unpaired) electrons. The topological polar surface area (TPSA) is 56.3 Å². The molecule has 0 bridgehead atoms. The van der Waals surface area contributed by atoms with E-state index in [0.29, 0.717) is 18.5 Å². The van der Waals surface area contributed by atoms with Crippen molar-refractivity contribution in [2.75, 3.05) is 0 Å². The van der Waals surface area contributed by atoms with Crippen molar-refractivity contribution in [1.82, 2.24) is 4.98 Å². The summed E-state index contributed by atoms with van der Waals surface area (Å²) >= 11 is 0. The highest BCUT2D eigenvalue weighted by molar-refractivity contribution is 5.95. The van der Waals surface area contributed by atoms with Crippen molar-refractivity contribution in [3.05, 3.63) is 89.7 Å². The van der Waals surface area contributed by atoms with Gasteiger partial charge in [-0.1, -0.05) is 60.7 Å². The van der Waals surface area contributed by atoms with Crippen LogP contribution < -0.4 is 0 Å². The summed E-state index contributed by atoms with van der Waals surface area (Å²) < 4.78 is 5.41. The maximum Gasteiger partial charge on any atom is 0.357 e. The Labute approximate surface area is 152 Å². The number of rotatable bonds is 7. The molecule has 0 spiro atoms. The molecule has 0 aliphatic heterocycles. The van der Waals surface area contributed by atoms with E-state index < -0.39 is 5.97 Å². The van der Waals surface area contributed by atoms with Crippen LogP contribution in [0.2, 0.25) is 0 Å². The molecule has 130 valence electrons. The normalized spacial score (nSPS) is 10.3. The van der Waals surface area contributed by atoms with E-state index in [-0.39, 0.29) is 6.61 Å². The van der Waals surface area contributed by atoms with Crippen LogP contribution in [0.15, 0.2) is 72.9 Å². The number of hydrogen-bond donors (Lipinski definition) is 0. The molecule has 0 saturated heterocycles. The summed E-state index contributed by atoms with van der Waals surface area (Å²) in [5.41, 5.74) is 3.92. The highest BCUT2D eigenvalue weighted by atomic mass is 16.5. The number of pyridine rings is 1. The number of aromatic nitrogens is 1. The van der Waals surface area contributed by atoms with Gasteiger partial charge in [-0.3, -0.25) is 0 Å². The summed E-state index contributed by atoms with van der Waals surface area (Å²) in [6, 6.07) is 21.0. The number of hydrogen-bond acceptors (Lipinski definition) is 4. The summed E-state index contributed by atoms with van der Waals surface area (Å²) in [5, 5.41) is 0. The first-order valence-corrected chi connectivity index (χ1v) is 8.47. The van der Waals surface area contributed by atoms with Crippen molar-refractivity contribution >= 4 is 12.3 Å². The number of nitrogens with zero attached hydrogens (tertiary/aromatic N) is 1. The van der Waals surface area contributed by atoms with E-state index >= 15 is 0 Å². The Morgan fingerprint density at radius 1 is 0.923 bits per heavy atom. The van der Waals surface area contributed by atoms with E-state index in [1.807, 2.05) is 60.7 Å². The van der Waals surface area contributed by atoms with Gasteiger partial charge in [-0.25, -0.2) is 9.78 Å². The fourth-order valence-corrected chi connectivity index (χ4v) is 2.67. The first-order valence-electron chi connectivity index (χ1n) is 8.47. The van der Waals surface area contributed by atoms with E-state index in [0.717, 1.165) is 28.5 Å². The zero-order valence-corrected chi connectivity index (χ0v) is 14.3. The fourth-order valence-electron chi connectivity index (χ4n) is 2.67. The van der Waals surface area contributed by atoms with Crippen LogP contribution in [0.1, 0.15) is 28.0 Å². The van der Waals surface area contributed by atoms with Crippen LogP contribution in [-0.4, -0.2) is 17.2 Å². The number of aryl methyl sites for hydroxylation is 1. The summed E-state index contributed by atoms with van der Waals surface area (Å²) in [7, 11) is 0. The molecule has 3 rings (SSSR count). The van der Waals surface area contributed by atoms with Gasteiger partial charge in [0, 0.05) is 18.2 Å². The number of esters is 1. The van der Waals surface area contributed by atoms with Gasteiger partial charge in [-0.05, 0) is 29.2 Å². The molecule has 1 heterocycles. The van der Waals surface area contributed by atoms with Crippen molar-refractivity contribution < 1.29 is 14.3 Å². The molecule has 0 aliphatic carbocycles. The molecule has 0 N–H and O–H groups in total. The highest BCUT2D eigenvalue weighted by Crippen LogP contribution is 2.24. The predicted molar refractivity (Wildman–Crippen MR) is 99.6 cm³/mol. The smallest absolute Gasteiger partial charge is 0.357 e. The van der Waals surface area contributed by atoms with Crippen molar-refractivity contribution in [1.29, 1.82) is 0 Å². The Kier molecular flexibility index (Phi) is 5.88. The quantitative estimate of drug-likeness (QED) is 0.475. The van der Waals surface area contributed by atoms with Crippen LogP contribution in [0, 0.1) is 0 Å². The Morgan fingerprint density at radius 3 is 2.42 bits per heavy atom. The monoisotopic (exact) mass is 345 g/mol. The first kappa shape index (κ1) is 17.5. The second-order valence-corrected chi connectivity index (χ2v) is 5.86. The van der Waals surface area contributed by atoms with E-state index in [4.69, 9.17) is 4.74 Å². The minimum atomic E-state index is -0.450. The molecule has 26 heavy (non-hydrogen) atoms. The number of benzene rings is 2. The van der Waals surface area contributed by atoms with Crippen LogP contribution in [0.5, 0.6) is 0 Å². The largest absolute Gasteiger partial charge is 0.456 e. The molecule has 2 aromatic carbocycles. The molecular weight excluding hydrogens is 326 g/mol. The van der Waals surface area contributed by atoms with Gasteiger partial charge >= 0.3 is 5.97 Å². The Balaban J connectivity index is 1.77. The average Bonchev–Trinajstić information content (AvgIpc) is 2.71. The van der Waals surface area contributed by atoms with Crippen molar-refractivity contribution in [3.8, 4) is 11.1 Å². The SMILES string of the molecule is O=CCCc1ccc(-c2cccnc2C(=O)OCc2ccccc2)cc1. The molecule has 0 saturated carbocycles. The third-order valence-electron chi connectivity index (χ3n) is 4.03. The predicted octanol–water partition coefficient (Wildman–Crippen LogP) is 4.24. The second kappa shape index (κ2) is 8.72. The Hall–Kier alpha value is -3.27. The van der Waals surface area contributed by atoms with Crippen LogP contribution in [0.4, 0.5) is 0 Å². The Morgan fingerprint density at radius 2 is 1.69 bits per heavy atom. The maximum atomic E-state index is 12.5. The highest BCUT2D eigenvalue weighted by Gasteiger charge is 2.15. The number of aldehydes is 1. The van der Waals surface area contributed by atoms with Crippen LogP contribution in [0.3, 0.4) is 0 Å². The molecule has 0 fully saturated rings. The summed E-state index contributed by atoms with van der Waals surface area (Å²) in [5.74, 6) is -0.450. The third kappa shape index (κ3) is 4.42. The number of carbonyl (C=O) groups excluding carboxylic acids is 2. The molecule has 1 aromatic heterocycles. The van der Waals surface area contributed by atoms with Gasteiger partial charge in [0.2, 0.25) is 0 Å². The fraction of sp³-hybridized carbons (Fsp3) is 0.136. The van der Waals surface area contributed by atoms with Crippen LogP contribution in [0.25, 0.3) is 11.1 Å². The molecule has 0 aliphatic rings.